The molecule has 25 heavy (non-hydrogen) atoms. The Labute approximate surface area is 146 Å². The normalized spacial score (nSPS) is 16.3. The molecule has 0 saturated carbocycles. The molecule has 0 bridgehead atoms. The van der Waals surface area contributed by atoms with Gasteiger partial charge in [0, 0.05) is 25.4 Å². The molecular formula is C19H20N2O4. The lowest BCUT2D eigenvalue weighted by molar-refractivity contribution is -0.145. The minimum atomic E-state index is -0.934. The van der Waals surface area contributed by atoms with Crippen molar-refractivity contribution in [2.45, 2.75) is 18.3 Å². The van der Waals surface area contributed by atoms with E-state index in [1.165, 1.54) is 13.3 Å². The van der Waals surface area contributed by atoms with E-state index < -0.39 is 11.4 Å². The number of methoxy groups -OCH3 is 1. The summed E-state index contributed by atoms with van der Waals surface area (Å²) < 4.78 is 5.00. The van der Waals surface area contributed by atoms with Gasteiger partial charge in [0.1, 0.15) is 0 Å². The van der Waals surface area contributed by atoms with Crippen molar-refractivity contribution in [3.63, 3.8) is 0 Å². The van der Waals surface area contributed by atoms with E-state index in [4.69, 9.17) is 4.74 Å². The fourth-order valence-electron chi connectivity index (χ4n) is 3.28. The standard InChI is InChI=1S/C19H20N2O4/c1-25-16-8-7-14(13-20-16)17(22)21-11-9-19(10-12-21,18(23)24)15-5-3-2-4-6-15/h2-8,13H,9-12H2,1H3,(H,23,24). The monoisotopic (exact) mass is 340 g/mol. The summed E-state index contributed by atoms with van der Waals surface area (Å²) in [5.41, 5.74) is 0.333. The van der Waals surface area contributed by atoms with Crippen molar-refractivity contribution in [1.29, 1.82) is 0 Å². The number of rotatable bonds is 4. The minimum Gasteiger partial charge on any atom is -0.481 e. The topological polar surface area (TPSA) is 79.7 Å². The number of carboxylic acids is 1. The Morgan fingerprint density at radius 1 is 1.12 bits per heavy atom. The van der Waals surface area contributed by atoms with Crippen molar-refractivity contribution in [3.8, 4) is 5.88 Å². The molecule has 1 aromatic carbocycles. The van der Waals surface area contributed by atoms with Crippen LogP contribution < -0.4 is 4.74 Å². The van der Waals surface area contributed by atoms with Gasteiger partial charge in [-0.25, -0.2) is 4.98 Å². The van der Waals surface area contributed by atoms with Crippen LogP contribution >= 0.6 is 0 Å². The predicted molar refractivity (Wildman–Crippen MR) is 91.7 cm³/mol. The maximum atomic E-state index is 12.6. The van der Waals surface area contributed by atoms with E-state index in [1.807, 2.05) is 30.3 Å². The summed E-state index contributed by atoms with van der Waals surface area (Å²) in [6.07, 6.45) is 2.26. The van der Waals surface area contributed by atoms with Crippen molar-refractivity contribution >= 4 is 11.9 Å². The average Bonchev–Trinajstić information content (AvgIpc) is 2.68. The zero-order chi connectivity index (χ0) is 17.9. The molecule has 6 nitrogen and oxygen atoms in total. The number of hydrogen-bond acceptors (Lipinski definition) is 4. The third-order valence-corrected chi connectivity index (χ3v) is 4.83. The van der Waals surface area contributed by atoms with E-state index >= 15 is 0 Å². The zero-order valence-corrected chi connectivity index (χ0v) is 14.0. The highest BCUT2D eigenvalue weighted by Crippen LogP contribution is 2.36. The van der Waals surface area contributed by atoms with Crippen LogP contribution in [0.1, 0.15) is 28.8 Å². The van der Waals surface area contributed by atoms with Gasteiger partial charge in [-0.1, -0.05) is 30.3 Å². The van der Waals surface area contributed by atoms with Crippen molar-refractivity contribution in [3.05, 3.63) is 59.8 Å². The number of piperidine rings is 1. The van der Waals surface area contributed by atoms with Gasteiger partial charge in [-0.3, -0.25) is 9.59 Å². The quantitative estimate of drug-likeness (QED) is 0.924. The van der Waals surface area contributed by atoms with Gasteiger partial charge >= 0.3 is 5.97 Å². The number of pyridine rings is 1. The van der Waals surface area contributed by atoms with Crippen molar-refractivity contribution in [2.75, 3.05) is 20.2 Å². The third kappa shape index (κ3) is 3.20. The van der Waals surface area contributed by atoms with Crippen LogP contribution in [0.2, 0.25) is 0 Å². The van der Waals surface area contributed by atoms with Crippen LogP contribution in [0.25, 0.3) is 0 Å². The van der Waals surface area contributed by atoms with Crippen LogP contribution in [0.15, 0.2) is 48.7 Å². The van der Waals surface area contributed by atoms with Crippen molar-refractivity contribution < 1.29 is 19.4 Å². The molecule has 0 spiro atoms. The second-order valence-corrected chi connectivity index (χ2v) is 6.13. The second-order valence-electron chi connectivity index (χ2n) is 6.13. The molecule has 1 saturated heterocycles. The van der Waals surface area contributed by atoms with Crippen LogP contribution in [-0.2, 0) is 10.2 Å². The Hall–Kier alpha value is -2.89. The van der Waals surface area contributed by atoms with Crippen LogP contribution in [0.5, 0.6) is 5.88 Å². The van der Waals surface area contributed by atoms with Gasteiger partial charge in [-0.2, -0.15) is 0 Å². The van der Waals surface area contributed by atoms with Crippen molar-refractivity contribution in [1.82, 2.24) is 9.88 Å². The van der Waals surface area contributed by atoms with Crippen LogP contribution in [-0.4, -0.2) is 47.1 Å². The number of aliphatic carboxylic acids is 1. The largest absolute Gasteiger partial charge is 0.481 e. The average molecular weight is 340 g/mol. The highest BCUT2D eigenvalue weighted by molar-refractivity contribution is 5.94. The fraction of sp³-hybridized carbons (Fsp3) is 0.316. The first-order valence-corrected chi connectivity index (χ1v) is 8.15. The summed E-state index contributed by atoms with van der Waals surface area (Å²) >= 11 is 0. The third-order valence-electron chi connectivity index (χ3n) is 4.83. The first-order chi connectivity index (χ1) is 12.1. The molecule has 1 aliphatic heterocycles. The van der Waals surface area contributed by atoms with E-state index in [0.717, 1.165) is 5.56 Å². The number of amides is 1. The molecule has 0 radical (unpaired) electrons. The highest BCUT2D eigenvalue weighted by atomic mass is 16.5. The maximum absolute atomic E-state index is 12.6. The molecule has 0 atom stereocenters. The Balaban J connectivity index is 1.75. The van der Waals surface area contributed by atoms with E-state index in [9.17, 15) is 14.7 Å². The van der Waals surface area contributed by atoms with E-state index in [1.54, 1.807) is 17.0 Å². The van der Waals surface area contributed by atoms with Gasteiger partial charge < -0.3 is 14.7 Å². The molecule has 3 rings (SSSR count). The molecule has 130 valence electrons. The zero-order valence-electron chi connectivity index (χ0n) is 14.0. The smallest absolute Gasteiger partial charge is 0.314 e. The van der Waals surface area contributed by atoms with Crippen LogP contribution in [0.3, 0.4) is 0 Å². The molecule has 0 aliphatic carbocycles. The predicted octanol–water partition coefficient (Wildman–Crippen LogP) is 2.35. The molecule has 6 heteroatoms. The lowest BCUT2D eigenvalue weighted by atomic mass is 9.73. The first kappa shape index (κ1) is 17.0. The summed E-state index contributed by atoms with van der Waals surface area (Å²) in [5, 5.41) is 9.81. The summed E-state index contributed by atoms with van der Waals surface area (Å²) in [4.78, 5) is 30.3. The molecule has 2 heterocycles. The summed E-state index contributed by atoms with van der Waals surface area (Å²) in [7, 11) is 1.52. The molecule has 1 aliphatic rings. The number of hydrogen-bond donors (Lipinski definition) is 1. The van der Waals surface area contributed by atoms with Crippen molar-refractivity contribution in [2.24, 2.45) is 0 Å². The SMILES string of the molecule is COc1ccc(C(=O)N2CCC(C(=O)O)(c3ccccc3)CC2)cn1. The number of ether oxygens (including phenoxy) is 1. The number of carbonyl (C=O) groups is 2. The number of nitrogens with zero attached hydrogens (tertiary/aromatic N) is 2. The van der Waals surface area contributed by atoms with Crippen LogP contribution in [0, 0.1) is 0 Å². The Morgan fingerprint density at radius 2 is 1.80 bits per heavy atom. The Kier molecular flexibility index (Phi) is 4.70. The van der Waals surface area contributed by atoms with Crippen LogP contribution in [0.4, 0.5) is 0 Å². The van der Waals surface area contributed by atoms with Gasteiger partial charge in [0.15, 0.2) is 0 Å². The van der Waals surface area contributed by atoms with Gasteiger partial charge in [0.25, 0.3) is 5.91 Å². The number of carbonyl (C=O) groups excluding carboxylic acids is 1. The number of carboxylic acid groups (broad SMARTS) is 1. The molecule has 2 aromatic rings. The summed E-state index contributed by atoms with van der Waals surface area (Å²) in [5.74, 6) is -0.525. The second kappa shape index (κ2) is 6.93. The van der Waals surface area contributed by atoms with E-state index in [0.29, 0.717) is 37.4 Å². The fourth-order valence-corrected chi connectivity index (χ4v) is 3.28. The maximum Gasteiger partial charge on any atom is 0.314 e. The Morgan fingerprint density at radius 3 is 2.32 bits per heavy atom. The number of benzene rings is 1. The molecular weight excluding hydrogens is 320 g/mol. The first-order valence-electron chi connectivity index (χ1n) is 8.15. The van der Waals surface area contributed by atoms with Gasteiger partial charge in [-0.15, -0.1) is 0 Å². The van der Waals surface area contributed by atoms with Gasteiger partial charge in [0.2, 0.25) is 5.88 Å². The molecule has 1 fully saturated rings. The lowest BCUT2D eigenvalue weighted by Crippen LogP contribution is -2.49. The van der Waals surface area contributed by atoms with Gasteiger partial charge in [-0.05, 0) is 24.5 Å². The summed E-state index contributed by atoms with van der Waals surface area (Å²) in [6, 6.07) is 12.6. The molecule has 1 N–H and O–H groups in total. The Bertz CT molecular complexity index is 751. The summed E-state index contributed by atoms with van der Waals surface area (Å²) in [6.45, 7) is 0.790. The number of likely N-dealkylation sites (tertiary alicyclic amines) is 1. The van der Waals surface area contributed by atoms with Gasteiger partial charge in [0.05, 0.1) is 18.1 Å². The van der Waals surface area contributed by atoms with E-state index in [2.05, 4.69) is 4.98 Å². The number of aromatic nitrogens is 1. The highest BCUT2D eigenvalue weighted by Gasteiger charge is 2.43. The van der Waals surface area contributed by atoms with E-state index in [-0.39, 0.29) is 5.91 Å². The molecule has 1 aromatic heterocycles. The lowest BCUT2D eigenvalue weighted by Gasteiger charge is -2.39. The molecule has 1 amide bonds. The minimum absolute atomic E-state index is 0.137. The molecule has 0 unspecified atom stereocenters.